The van der Waals surface area contributed by atoms with Crippen LogP contribution in [0.4, 0.5) is 0 Å². The highest BCUT2D eigenvalue weighted by Gasteiger charge is 2.12. The van der Waals surface area contributed by atoms with Gasteiger partial charge >= 0.3 is 0 Å². The average molecular weight is 234 g/mol. The van der Waals surface area contributed by atoms with Crippen LogP contribution in [0.25, 0.3) is 0 Å². The van der Waals surface area contributed by atoms with E-state index in [9.17, 15) is 4.79 Å². The number of hydrogen-bond acceptors (Lipinski definition) is 3. The first-order valence-electron chi connectivity index (χ1n) is 3.16. The summed E-state index contributed by atoms with van der Waals surface area (Å²) >= 11 is 4.69. The van der Waals surface area contributed by atoms with Gasteiger partial charge in [-0.25, -0.2) is 0 Å². The normalized spacial score (nSPS) is 13.0. The maximum Gasteiger partial charge on any atom is 0.189 e. The van der Waals surface area contributed by atoms with E-state index in [1.165, 1.54) is 11.3 Å². The van der Waals surface area contributed by atoms with E-state index in [0.717, 1.165) is 3.79 Å². The van der Waals surface area contributed by atoms with Crippen LogP contribution in [0.15, 0.2) is 15.9 Å². The van der Waals surface area contributed by atoms with Crippen molar-refractivity contribution in [1.82, 2.24) is 0 Å². The van der Waals surface area contributed by atoms with Gasteiger partial charge in [-0.2, -0.15) is 0 Å². The summed E-state index contributed by atoms with van der Waals surface area (Å²) in [4.78, 5) is 11.9. The summed E-state index contributed by atoms with van der Waals surface area (Å²) in [6.07, 6.45) is 0. The van der Waals surface area contributed by atoms with Crippen LogP contribution in [-0.4, -0.2) is 11.8 Å². The molecule has 0 spiro atoms. The summed E-state index contributed by atoms with van der Waals surface area (Å²) < 4.78 is 0.960. The van der Waals surface area contributed by atoms with Crippen LogP contribution in [-0.2, 0) is 0 Å². The van der Waals surface area contributed by atoms with Gasteiger partial charge in [0.15, 0.2) is 5.78 Å². The van der Waals surface area contributed by atoms with Crippen molar-refractivity contribution in [3.05, 3.63) is 20.8 Å². The Bertz CT molecular complexity index is 269. The fourth-order valence-electron chi connectivity index (χ4n) is 0.671. The van der Waals surface area contributed by atoms with E-state index in [4.69, 9.17) is 5.73 Å². The molecule has 4 heteroatoms. The van der Waals surface area contributed by atoms with Crippen LogP contribution in [0.5, 0.6) is 0 Å². The van der Waals surface area contributed by atoms with E-state index >= 15 is 0 Å². The molecule has 60 valence electrons. The highest BCUT2D eigenvalue weighted by Crippen LogP contribution is 2.22. The summed E-state index contributed by atoms with van der Waals surface area (Å²) in [5.41, 5.74) is 5.42. The van der Waals surface area contributed by atoms with E-state index < -0.39 is 6.04 Å². The van der Waals surface area contributed by atoms with Crippen molar-refractivity contribution < 1.29 is 4.79 Å². The molecular weight excluding hydrogens is 226 g/mol. The van der Waals surface area contributed by atoms with Crippen LogP contribution >= 0.6 is 27.3 Å². The molecule has 0 aliphatic heterocycles. The third kappa shape index (κ3) is 2.12. The van der Waals surface area contributed by atoms with E-state index in [0.29, 0.717) is 4.88 Å². The first-order valence-corrected chi connectivity index (χ1v) is 4.77. The smallest absolute Gasteiger partial charge is 0.189 e. The molecule has 1 aromatic heterocycles. The van der Waals surface area contributed by atoms with Crippen molar-refractivity contribution >= 4 is 33.0 Å². The zero-order valence-corrected chi connectivity index (χ0v) is 8.41. The number of carbonyl (C=O) groups excluding carboxylic acids is 1. The lowest BCUT2D eigenvalue weighted by Crippen LogP contribution is -2.25. The van der Waals surface area contributed by atoms with Crippen LogP contribution in [0.1, 0.15) is 16.6 Å². The first-order chi connectivity index (χ1) is 5.11. The van der Waals surface area contributed by atoms with Gasteiger partial charge in [-0.3, -0.25) is 4.79 Å². The number of hydrogen-bond donors (Lipinski definition) is 1. The van der Waals surface area contributed by atoms with Crippen molar-refractivity contribution in [2.75, 3.05) is 0 Å². The Morgan fingerprint density at radius 3 is 2.73 bits per heavy atom. The van der Waals surface area contributed by atoms with E-state index in [-0.39, 0.29) is 5.78 Å². The maximum absolute atomic E-state index is 11.2. The molecule has 1 atom stereocenters. The quantitative estimate of drug-likeness (QED) is 0.795. The molecule has 0 aliphatic rings. The van der Waals surface area contributed by atoms with Gasteiger partial charge in [0.25, 0.3) is 0 Å². The Kier molecular flexibility index (Phi) is 2.81. The minimum atomic E-state index is -0.402. The number of nitrogens with two attached hydrogens (primary N) is 1. The molecule has 0 saturated carbocycles. The molecule has 1 heterocycles. The van der Waals surface area contributed by atoms with Crippen LogP contribution in [0.2, 0.25) is 0 Å². The lowest BCUT2D eigenvalue weighted by Gasteiger charge is -1.98. The lowest BCUT2D eigenvalue weighted by molar-refractivity contribution is 0.0972. The van der Waals surface area contributed by atoms with Gasteiger partial charge in [0, 0.05) is 0 Å². The molecule has 1 aromatic rings. The molecule has 0 saturated heterocycles. The van der Waals surface area contributed by atoms with Crippen LogP contribution < -0.4 is 5.73 Å². The van der Waals surface area contributed by atoms with Crippen molar-refractivity contribution in [3.63, 3.8) is 0 Å². The molecular formula is C7H8BrNOS. The lowest BCUT2D eigenvalue weighted by atomic mass is 10.2. The standard InChI is InChI=1S/C7H8BrNOS/c1-4(9)7(10)5-2-3-6(8)11-5/h2-4H,9H2,1H3/t4-/m1/s1. The van der Waals surface area contributed by atoms with Crippen LogP contribution in [0, 0.1) is 0 Å². The predicted molar refractivity (Wildman–Crippen MR) is 50.0 cm³/mol. The second-order valence-electron chi connectivity index (χ2n) is 2.26. The molecule has 0 radical (unpaired) electrons. The molecule has 0 amide bonds. The van der Waals surface area contributed by atoms with Crippen molar-refractivity contribution in [2.24, 2.45) is 5.73 Å². The SMILES string of the molecule is C[C@@H](N)C(=O)c1ccc(Br)s1. The van der Waals surface area contributed by atoms with Gasteiger partial charge in [0.1, 0.15) is 0 Å². The molecule has 0 aromatic carbocycles. The van der Waals surface area contributed by atoms with Gasteiger partial charge in [0.2, 0.25) is 0 Å². The van der Waals surface area contributed by atoms with Gasteiger partial charge in [0.05, 0.1) is 14.7 Å². The van der Waals surface area contributed by atoms with E-state index in [1.54, 1.807) is 13.0 Å². The number of Topliss-reactive ketones (excluding diaryl/α,β-unsaturated/α-hetero) is 1. The van der Waals surface area contributed by atoms with Crippen molar-refractivity contribution in [3.8, 4) is 0 Å². The second-order valence-corrected chi connectivity index (χ2v) is 4.72. The molecule has 2 nitrogen and oxygen atoms in total. The molecule has 0 unspecified atom stereocenters. The first kappa shape index (κ1) is 8.90. The Morgan fingerprint density at radius 1 is 1.73 bits per heavy atom. The van der Waals surface area contributed by atoms with Gasteiger partial charge in [-0.15, -0.1) is 11.3 Å². The topological polar surface area (TPSA) is 43.1 Å². The Hall–Kier alpha value is -0.190. The highest BCUT2D eigenvalue weighted by molar-refractivity contribution is 9.11. The number of thiophene rings is 1. The molecule has 11 heavy (non-hydrogen) atoms. The van der Waals surface area contributed by atoms with Gasteiger partial charge in [-0.05, 0) is 35.0 Å². The summed E-state index contributed by atoms with van der Waals surface area (Å²) in [5, 5.41) is 0. The third-order valence-corrected chi connectivity index (χ3v) is 2.87. The zero-order valence-electron chi connectivity index (χ0n) is 6.00. The number of carbonyl (C=O) groups is 1. The fraction of sp³-hybridized carbons (Fsp3) is 0.286. The third-order valence-electron chi connectivity index (χ3n) is 1.23. The van der Waals surface area contributed by atoms with Crippen LogP contribution in [0.3, 0.4) is 0 Å². The minimum Gasteiger partial charge on any atom is -0.321 e. The molecule has 0 aliphatic carbocycles. The van der Waals surface area contributed by atoms with E-state index in [2.05, 4.69) is 15.9 Å². The highest BCUT2D eigenvalue weighted by atomic mass is 79.9. The van der Waals surface area contributed by atoms with E-state index in [1.807, 2.05) is 6.07 Å². The maximum atomic E-state index is 11.2. The summed E-state index contributed by atoms with van der Waals surface area (Å²) in [7, 11) is 0. The van der Waals surface area contributed by atoms with Crippen molar-refractivity contribution in [2.45, 2.75) is 13.0 Å². The Labute approximate surface area is 77.5 Å². The number of rotatable bonds is 2. The Balaban J connectivity index is 2.85. The largest absolute Gasteiger partial charge is 0.321 e. The zero-order chi connectivity index (χ0) is 8.43. The predicted octanol–water partition coefficient (Wildman–Crippen LogP) is 2.04. The monoisotopic (exact) mass is 233 g/mol. The Morgan fingerprint density at radius 2 is 2.36 bits per heavy atom. The van der Waals surface area contributed by atoms with Crippen molar-refractivity contribution in [1.29, 1.82) is 0 Å². The number of halogens is 1. The fourth-order valence-corrected chi connectivity index (χ4v) is 2.10. The average Bonchev–Trinajstić information content (AvgIpc) is 2.34. The van der Waals surface area contributed by atoms with Gasteiger partial charge in [-0.1, -0.05) is 0 Å². The number of ketones is 1. The minimum absolute atomic E-state index is 0.000648. The summed E-state index contributed by atoms with van der Waals surface area (Å²) in [5.74, 6) is 0.000648. The molecule has 1 rings (SSSR count). The summed E-state index contributed by atoms with van der Waals surface area (Å²) in [6.45, 7) is 1.69. The second kappa shape index (κ2) is 3.47. The summed E-state index contributed by atoms with van der Waals surface area (Å²) in [6, 6.07) is 3.22. The van der Waals surface area contributed by atoms with Gasteiger partial charge < -0.3 is 5.73 Å². The molecule has 2 N–H and O–H groups in total. The molecule has 0 bridgehead atoms. The molecule has 0 fully saturated rings.